The summed E-state index contributed by atoms with van der Waals surface area (Å²) >= 11 is 0. The molecule has 0 aliphatic heterocycles. The molecule has 4 nitrogen and oxygen atoms in total. The van der Waals surface area contributed by atoms with Gasteiger partial charge in [-0.1, -0.05) is 6.92 Å². The van der Waals surface area contributed by atoms with Gasteiger partial charge in [0.25, 0.3) is 0 Å². The fraction of sp³-hybridized carbons (Fsp3) is 1.00. The molecule has 1 aliphatic rings. The van der Waals surface area contributed by atoms with Crippen molar-refractivity contribution in [2.75, 3.05) is 19.6 Å². The van der Waals surface area contributed by atoms with Gasteiger partial charge < -0.3 is 22.9 Å². The first-order valence-electron chi connectivity index (χ1n) is 5.35. The molecule has 1 rings (SSSR count). The van der Waals surface area contributed by atoms with Crippen LogP contribution in [-0.2, 0) is 0 Å². The van der Waals surface area contributed by atoms with Crippen LogP contribution >= 0.6 is 0 Å². The van der Waals surface area contributed by atoms with Gasteiger partial charge in [-0.2, -0.15) is 0 Å². The molecule has 0 radical (unpaired) electrons. The Morgan fingerprint density at radius 1 is 1.07 bits per heavy atom. The second-order valence-corrected chi connectivity index (χ2v) is 5.27. The Morgan fingerprint density at radius 2 is 1.64 bits per heavy atom. The van der Waals surface area contributed by atoms with E-state index >= 15 is 0 Å². The summed E-state index contributed by atoms with van der Waals surface area (Å²) in [6.45, 7) is 4.09. The second-order valence-electron chi connectivity index (χ2n) is 5.27. The van der Waals surface area contributed by atoms with E-state index in [4.69, 9.17) is 22.9 Å². The van der Waals surface area contributed by atoms with E-state index in [0.717, 1.165) is 19.3 Å². The highest BCUT2D eigenvalue weighted by Crippen LogP contribution is 2.44. The van der Waals surface area contributed by atoms with Crippen molar-refractivity contribution in [3.8, 4) is 0 Å². The number of rotatable bonds is 3. The molecule has 0 amide bonds. The molecular weight excluding hydrogens is 176 g/mol. The van der Waals surface area contributed by atoms with Gasteiger partial charge >= 0.3 is 0 Å². The van der Waals surface area contributed by atoms with Crippen LogP contribution in [0.25, 0.3) is 0 Å². The van der Waals surface area contributed by atoms with Gasteiger partial charge in [0.05, 0.1) is 0 Å². The molecule has 0 bridgehead atoms. The van der Waals surface area contributed by atoms with Crippen molar-refractivity contribution in [2.45, 2.75) is 32.2 Å². The maximum atomic E-state index is 6.05. The van der Waals surface area contributed by atoms with Gasteiger partial charge in [-0.05, 0) is 49.7 Å². The summed E-state index contributed by atoms with van der Waals surface area (Å²) < 4.78 is 0. The zero-order chi connectivity index (χ0) is 10.8. The zero-order valence-electron chi connectivity index (χ0n) is 9.13. The maximum absolute atomic E-state index is 6.05. The summed E-state index contributed by atoms with van der Waals surface area (Å²) in [4.78, 5) is 0. The Morgan fingerprint density at radius 3 is 2.07 bits per heavy atom. The maximum Gasteiger partial charge on any atom is 0.00507 e. The lowest BCUT2D eigenvalue weighted by Gasteiger charge is -2.47. The summed E-state index contributed by atoms with van der Waals surface area (Å²) in [5.41, 5.74) is 23.6. The second kappa shape index (κ2) is 4.14. The Kier molecular flexibility index (Phi) is 3.53. The molecule has 1 aliphatic carbocycles. The predicted octanol–water partition coefficient (Wildman–Crippen LogP) is -0.634. The van der Waals surface area contributed by atoms with E-state index in [9.17, 15) is 0 Å². The Labute approximate surface area is 86.4 Å². The molecule has 2 unspecified atom stereocenters. The average molecular weight is 200 g/mol. The summed E-state index contributed by atoms with van der Waals surface area (Å²) in [5, 5.41) is 0. The van der Waals surface area contributed by atoms with Crippen molar-refractivity contribution in [1.29, 1.82) is 0 Å². The number of hydrogen-bond acceptors (Lipinski definition) is 4. The lowest BCUT2D eigenvalue weighted by atomic mass is 9.61. The minimum Gasteiger partial charge on any atom is -0.330 e. The van der Waals surface area contributed by atoms with E-state index in [1.54, 1.807) is 0 Å². The van der Waals surface area contributed by atoms with Crippen molar-refractivity contribution >= 4 is 0 Å². The highest BCUT2D eigenvalue weighted by Gasteiger charge is 2.43. The van der Waals surface area contributed by atoms with Gasteiger partial charge in [0, 0.05) is 6.04 Å². The number of nitrogens with two attached hydrogens (primary N) is 4. The first kappa shape index (κ1) is 11.9. The largest absolute Gasteiger partial charge is 0.330 e. The molecule has 0 heterocycles. The minimum atomic E-state index is 0.0196. The van der Waals surface area contributed by atoms with Crippen LogP contribution in [0.3, 0.4) is 0 Å². The minimum absolute atomic E-state index is 0.0196. The van der Waals surface area contributed by atoms with Crippen LogP contribution in [-0.4, -0.2) is 25.7 Å². The fourth-order valence-corrected chi connectivity index (χ4v) is 2.86. The van der Waals surface area contributed by atoms with Crippen molar-refractivity contribution in [3.63, 3.8) is 0 Å². The lowest BCUT2D eigenvalue weighted by molar-refractivity contribution is 0.0742. The van der Waals surface area contributed by atoms with E-state index in [1.807, 2.05) is 0 Å². The summed E-state index contributed by atoms with van der Waals surface area (Å²) in [6, 6.07) is 0.199. The quantitative estimate of drug-likeness (QED) is 0.486. The summed E-state index contributed by atoms with van der Waals surface area (Å²) in [7, 11) is 0. The van der Waals surface area contributed by atoms with Crippen molar-refractivity contribution in [3.05, 3.63) is 0 Å². The highest BCUT2D eigenvalue weighted by molar-refractivity contribution is 4.98. The third-order valence-electron chi connectivity index (χ3n) is 3.61. The van der Waals surface area contributed by atoms with Crippen molar-refractivity contribution in [1.82, 2.24) is 0 Å². The molecule has 0 saturated heterocycles. The molecule has 0 aromatic carbocycles. The van der Waals surface area contributed by atoms with Gasteiger partial charge in [-0.15, -0.1) is 0 Å². The van der Waals surface area contributed by atoms with Gasteiger partial charge in [-0.3, -0.25) is 0 Å². The fourth-order valence-electron chi connectivity index (χ4n) is 2.86. The molecule has 14 heavy (non-hydrogen) atoms. The monoisotopic (exact) mass is 200 g/mol. The third kappa shape index (κ3) is 2.25. The van der Waals surface area contributed by atoms with Crippen LogP contribution in [0, 0.1) is 10.8 Å². The third-order valence-corrected chi connectivity index (χ3v) is 3.61. The number of hydrogen-bond donors (Lipinski definition) is 4. The van der Waals surface area contributed by atoms with Crippen LogP contribution in [0.5, 0.6) is 0 Å². The average Bonchev–Trinajstić information content (AvgIpc) is 2.16. The zero-order valence-corrected chi connectivity index (χ0v) is 9.13. The van der Waals surface area contributed by atoms with Gasteiger partial charge in [0.1, 0.15) is 0 Å². The summed E-state index contributed by atoms with van der Waals surface area (Å²) in [5.74, 6) is 0. The first-order chi connectivity index (χ1) is 6.49. The molecule has 1 saturated carbocycles. The molecule has 8 N–H and O–H groups in total. The van der Waals surface area contributed by atoms with E-state index in [1.165, 1.54) is 0 Å². The Hall–Kier alpha value is -0.160. The van der Waals surface area contributed by atoms with E-state index in [-0.39, 0.29) is 16.9 Å². The van der Waals surface area contributed by atoms with E-state index < -0.39 is 0 Å². The van der Waals surface area contributed by atoms with Gasteiger partial charge in [-0.25, -0.2) is 0 Å². The molecule has 0 aromatic heterocycles. The van der Waals surface area contributed by atoms with Crippen molar-refractivity contribution < 1.29 is 0 Å². The molecule has 4 heteroatoms. The van der Waals surface area contributed by atoms with Crippen LogP contribution in [0.2, 0.25) is 0 Å². The van der Waals surface area contributed by atoms with Gasteiger partial charge in [0.15, 0.2) is 0 Å². The summed E-state index contributed by atoms with van der Waals surface area (Å²) in [6.07, 6.45) is 2.94. The molecule has 0 aromatic rings. The Bertz CT molecular complexity index is 191. The van der Waals surface area contributed by atoms with Gasteiger partial charge in [0.2, 0.25) is 0 Å². The molecule has 84 valence electrons. The smallest absolute Gasteiger partial charge is 0.00507 e. The molecule has 0 spiro atoms. The van der Waals surface area contributed by atoms with Crippen LogP contribution in [0.1, 0.15) is 26.2 Å². The lowest BCUT2D eigenvalue weighted by Crippen LogP contribution is -2.53. The first-order valence-corrected chi connectivity index (χ1v) is 5.35. The highest BCUT2D eigenvalue weighted by atomic mass is 14.8. The van der Waals surface area contributed by atoms with E-state index in [0.29, 0.717) is 19.6 Å². The predicted molar refractivity (Wildman–Crippen MR) is 59.5 cm³/mol. The molecule has 2 atom stereocenters. The topological polar surface area (TPSA) is 104 Å². The van der Waals surface area contributed by atoms with E-state index in [2.05, 4.69) is 6.92 Å². The normalized spacial score (nSPS) is 37.1. The van der Waals surface area contributed by atoms with Crippen molar-refractivity contribution in [2.24, 2.45) is 33.8 Å². The van der Waals surface area contributed by atoms with Crippen LogP contribution in [0.15, 0.2) is 0 Å². The van der Waals surface area contributed by atoms with Crippen LogP contribution < -0.4 is 22.9 Å². The SMILES string of the molecule is CC1(CN)CC(N)CC(CN)(CN)C1. The standard InChI is InChI=1S/C10H24N4/c1-9(5-11)2-8(14)3-10(4-9,6-12)7-13/h8H,2-7,11-14H2,1H3. The Balaban J connectivity index is 2.80. The molecule has 1 fully saturated rings. The molecular formula is C10H24N4. The van der Waals surface area contributed by atoms with Crippen LogP contribution in [0.4, 0.5) is 0 Å².